The molecule has 0 radical (unpaired) electrons. The normalized spacial score (nSPS) is 45.7. The Morgan fingerprint density at radius 3 is 2.38 bits per heavy atom. The third kappa shape index (κ3) is 4.63. The van der Waals surface area contributed by atoms with E-state index >= 15 is 0 Å². The molecule has 3 rings (SSSR count). The quantitative estimate of drug-likeness (QED) is 0.400. The molecule has 32 heavy (non-hydrogen) atoms. The highest BCUT2D eigenvalue weighted by atomic mass is 16.4. The molecule has 186 valence electrons. The number of carboxylic acids is 1. The van der Waals surface area contributed by atoms with Gasteiger partial charge >= 0.3 is 5.97 Å². The first kappa shape index (κ1) is 26.0. The van der Waals surface area contributed by atoms with Crippen molar-refractivity contribution < 1.29 is 25.2 Å². The van der Waals surface area contributed by atoms with E-state index in [2.05, 4.69) is 27.7 Å². The fourth-order valence-corrected chi connectivity index (χ4v) is 8.70. The Balaban J connectivity index is 1.90. The summed E-state index contributed by atoms with van der Waals surface area (Å²) < 4.78 is 0. The predicted octanol–water partition coefficient (Wildman–Crippen LogP) is 4.87. The molecule has 3 fully saturated rings. The van der Waals surface area contributed by atoms with E-state index in [0.717, 1.165) is 51.4 Å². The first-order chi connectivity index (χ1) is 15.0. The van der Waals surface area contributed by atoms with Gasteiger partial charge in [-0.1, -0.05) is 41.0 Å². The van der Waals surface area contributed by atoms with Crippen LogP contribution < -0.4 is 0 Å². The molecule has 4 N–H and O–H groups in total. The molecule has 0 bridgehead atoms. The molecule has 0 aromatic heterocycles. The molecule has 0 aliphatic heterocycles. The molecule has 3 aliphatic rings. The van der Waals surface area contributed by atoms with Gasteiger partial charge in [0.1, 0.15) is 0 Å². The van der Waals surface area contributed by atoms with E-state index in [4.69, 9.17) is 5.11 Å². The lowest BCUT2D eigenvalue weighted by Crippen LogP contribution is -2.61. The maximum Gasteiger partial charge on any atom is 0.303 e. The smallest absolute Gasteiger partial charge is 0.303 e. The third-order valence-corrected chi connectivity index (χ3v) is 10.4. The lowest BCUT2D eigenvalue weighted by atomic mass is 9.45. The number of carboxylic acid groups (broad SMARTS) is 1. The van der Waals surface area contributed by atoms with Gasteiger partial charge < -0.3 is 20.4 Å². The van der Waals surface area contributed by atoms with Crippen LogP contribution in [0.2, 0.25) is 0 Å². The summed E-state index contributed by atoms with van der Waals surface area (Å²) in [5.74, 6) is 0.715. The SMILES string of the molecule is CC[C@H](O)CC[C@@]1(C)C[C@@H](CC)[C@@H](O)C2C1[C@@H](O)C[C@@]1(C)C2CC[C@@H]1[C@H](C)CCC(=O)O. The minimum Gasteiger partial charge on any atom is -0.481 e. The van der Waals surface area contributed by atoms with Crippen molar-refractivity contribution in [3.8, 4) is 0 Å². The van der Waals surface area contributed by atoms with Crippen molar-refractivity contribution in [3.05, 3.63) is 0 Å². The van der Waals surface area contributed by atoms with Gasteiger partial charge in [0, 0.05) is 6.42 Å². The van der Waals surface area contributed by atoms with Crippen molar-refractivity contribution in [1.29, 1.82) is 0 Å². The standard InChI is InChI=1S/C27H48O5/c1-6-17-14-26(4,13-12-18(28)7-2)24-21(29)15-27(5)19(16(3)8-11-22(30)31)9-10-20(27)23(24)25(17)32/h16-21,23-25,28-29,32H,6-15H2,1-5H3,(H,30,31)/t16-,17-,18+,19-,20?,21+,23?,24?,25-,26+,27-/m1/s1. The number of carbonyl (C=O) groups is 1. The monoisotopic (exact) mass is 452 g/mol. The second-order valence-electron chi connectivity index (χ2n) is 12.2. The fraction of sp³-hybridized carbons (Fsp3) is 0.963. The number of hydrogen-bond donors (Lipinski definition) is 4. The third-order valence-electron chi connectivity index (χ3n) is 10.4. The maximum absolute atomic E-state index is 11.6. The van der Waals surface area contributed by atoms with Crippen molar-refractivity contribution in [2.75, 3.05) is 0 Å². The summed E-state index contributed by atoms with van der Waals surface area (Å²) in [4.78, 5) is 11.1. The highest BCUT2D eigenvalue weighted by Gasteiger charge is 2.64. The van der Waals surface area contributed by atoms with Crippen molar-refractivity contribution in [3.63, 3.8) is 0 Å². The molecule has 0 amide bonds. The van der Waals surface area contributed by atoms with Gasteiger partial charge in [0.15, 0.2) is 0 Å². The first-order valence-corrected chi connectivity index (χ1v) is 13.2. The molecule has 5 heteroatoms. The van der Waals surface area contributed by atoms with Crippen LogP contribution in [-0.2, 0) is 4.79 Å². The molecule has 3 aliphatic carbocycles. The van der Waals surface area contributed by atoms with E-state index < -0.39 is 12.1 Å². The number of fused-ring (bicyclic) bond motifs is 3. The van der Waals surface area contributed by atoms with Gasteiger partial charge in [-0.2, -0.15) is 0 Å². The van der Waals surface area contributed by atoms with Crippen LogP contribution in [0.15, 0.2) is 0 Å². The van der Waals surface area contributed by atoms with Gasteiger partial charge in [0.05, 0.1) is 18.3 Å². The second kappa shape index (κ2) is 9.92. The van der Waals surface area contributed by atoms with E-state index in [1.165, 1.54) is 0 Å². The van der Waals surface area contributed by atoms with Gasteiger partial charge in [-0.3, -0.25) is 4.79 Å². The van der Waals surface area contributed by atoms with Gasteiger partial charge in [-0.05, 0) is 97.7 Å². The van der Waals surface area contributed by atoms with Gasteiger partial charge in [-0.25, -0.2) is 0 Å². The van der Waals surface area contributed by atoms with Crippen LogP contribution in [0.25, 0.3) is 0 Å². The summed E-state index contributed by atoms with van der Waals surface area (Å²) in [5.41, 5.74) is -0.132. The lowest BCUT2D eigenvalue weighted by Gasteiger charge is -2.62. The van der Waals surface area contributed by atoms with Crippen LogP contribution in [0.1, 0.15) is 98.8 Å². The number of rotatable bonds is 9. The first-order valence-electron chi connectivity index (χ1n) is 13.2. The average molecular weight is 453 g/mol. The van der Waals surface area contributed by atoms with Crippen LogP contribution in [0, 0.1) is 46.3 Å². The van der Waals surface area contributed by atoms with Crippen molar-refractivity contribution in [2.24, 2.45) is 46.3 Å². The highest BCUT2D eigenvalue weighted by molar-refractivity contribution is 5.66. The van der Waals surface area contributed by atoms with Crippen LogP contribution in [0.4, 0.5) is 0 Å². The van der Waals surface area contributed by atoms with Crippen LogP contribution in [-0.4, -0.2) is 44.7 Å². The minimum atomic E-state index is -0.737. The molecule has 0 spiro atoms. The van der Waals surface area contributed by atoms with Crippen molar-refractivity contribution in [2.45, 2.75) is 117 Å². The zero-order valence-corrected chi connectivity index (χ0v) is 21.0. The van der Waals surface area contributed by atoms with E-state index in [1.807, 2.05) is 6.92 Å². The minimum absolute atomic E-state index is 0.0566. The molecular weight excluding hydrogens is 404 g/mol. The Morgan fingerprint density at radius 2 is 1.78 bits per heavy atom. The maximum atomic E-state index is 11.6. The van der Waals surface area contributed by atoms with E-state index in [1.54, 1.807) is 0 Å². The largest absolute Gasteiger partial charge is 0.481 e. The van der Waals surface area contributed by atoms with Crippen LogP contribution in [0.5, 0.6) is 0 Å². The molecule has 0 aromatic carbocycles. The topological polar surface area (TPSA) is 98.0 Å². The molecule has 5 nitrogen and oxygen atoms in total. The Labute approximate surface area is 195 Å². The Morgan fingerprint density at radius 1 is 1.09 bits per heavy atom. The summed E-state index contributed by atoms with van der Waals surface area (Å²) in [5, 5.41) is 42.6. The Bertz CT molecular complexity index is 652. The van der Waals surface area contributed by atoms with Gasteiger partial charge in [0.25, 0.3) is 0 Å². The number of hydrogen-bond acceptors (Lipinski definition) is 4. The van der Waals surface area contributed by atoms with Crippen molar-refractivity contribution >= 4 is 5.97 Å². The summed E-state index contributed by atoms with van der Waals surface area (Å²) in [6, 6.07) is 0. The lowest BCUT2D eigenvalue weighted by molar-refractivity contribution is -0.200. The van der Waals surface area contributed by atoms with E-state index in [9.17, 15) is 20.1 Å². The zero-order chi connectivity index (χ0) is 23.8. The summed E-state index contributed by atoms with van der Waals surface area (Å²) >= 11 is 0. The highest BCUT2D eigenvalue weighted by Crippen LogP contribution is 2.67. The summed E-state index contributed by atoms with van der Waals surface area (Å²) in [6.07, 6.45) is 6.87. The van der Waals surface area contributed by atoms with Crippen molar-refractivity contribution in [1.82, 2.24) is 0 Å². The van der Waals surface area contributed by atoms with Crippen LogP contribution in [0.3, 0.4) is 0 Å². The number of aliphatic hydroxyl groups excluding tert-OH is 3. The van der Waals surface area contributed by atoms with Gasteiger partial charge in [-0.15, -0.1) is 0 Å². The van der Waals surface area contributed by atoms with Crippen LogP contribution >= 0.6 is 0 Å². The fourth-order valence-electron chi connectivity index (χ4n) is 8.70. The molecule has 0 aromatic rings. The molecule has 3 unspecified atom stereocenters. The number of aliphatic hydroxyl groups is 3. The predicted molar refractivity (Wildman–Crippen MR) is 126 cm³/mol. The van der Waals surface area contributed by atoms with E-state index in [0.29, 0.717) is 24.2 Å². The zero-order valence-electron chi connectivity index (χ0n) is 21.0. The molecule has 0 heterocycles. The summed E-state index contributed by atoms with van der Waals surface area (Å²) in [7, 11) is 0. The van der Waals surface area contributed by atoms with Gasteiger partial charge in [0.2, 0.25) is 0 Å². The molecule has 11 atom stereocenters. The average Bonchev–Trinajstić information content (AvgIpc) is 3.08. The number of aliphatic carboxylic acids is 1. The molecule has 3 saturated carbocycles. The second-order valence-corrected chi connectivity index (χ2v) is 12.2. The molecule has 0 saturated heterocycles. The Hall–Kier alpha value is -0.650. The van der Waals surface area contributed by atoms with E-state index in [-0.39, 0.29) is 47.2 Å². The Kier molecular flexibility index (Phi) is 8.04. The summed E-state index contributed by atoms with van der Waals surface area (Å²) in [6.45, 7) is 11.0. The molecular formula is C27H48O5.